The van der Waals surface area contributed by atoms with E-state index in [0.717, 1.165) is 44.2 Å². The first-order valence-corrected chi connectivity index (χ1v) is 7.46. The number of carbonyl (C=O) groups is 1. The Morgan fingerprint density at radius 2 is 2.05 bits per heavy atom. The minimum atomic E-state index is -0.480. The molecule has 0 spiro atoms. The maximum absolute atomic E-state index is 12.3. The third-order valence-electron chi connectivity index (χ3n) is 3.63. The van der Waals surface area contributed by atoms with E-state index in [-0.39, 0.29) is 5.91 Å². The number of alkyl halides is 1. The van der Waals surface area contributed by atoms with Crippen LogP contribution in [0.25, 0.3) is 0 Å². The molecule has 112 valence electrons. The topological polar surface area (TPSA) is 49.6 Å². The van der Waals surface area contributed by atoms with Crippen LogP contribution >= 0.6 is 11.6 Å². The zero-order chi connectivity index (χ0) is 14.8. The number of piperazine rings is 1. The van der Waals surface area contributed by atoms with Crippen LogP contribution in [0.1, 0.15) is 25.3 Å². The number of amides is 1. The van der Waals surface area contributed by atoms with Crippen LogP contribution < -0.4 is 0 Å². The number of carbonyl (C=O) groups excluding carboxylic acids is 1. The lowest BCUT2D eigenvalue weighted by atomic mass is 9.94. The minimum Gasteiger partial charge on any atom is -0.360 e. The second-order valence-corrected chi connectivity index (χ2v) is 6.29. The van der Waals surface area contributed by atoms with Crippen LogP contribution in [-0.4, -0.2) is 52.9 Å². The van der Waals surface area contributed by atoms with Crippen molar-refractivity contribution < 1.29 is 9.32 Å². The lowest BCUT2D eigenvalue weighted by Crippen LogP contribution is -2.52. The summed E-state index contributed by atoms with van der Waals surface area (Å²) in [5.74, 6) is 1.37. The summed E-state index contributed by atoms with van der Waals surface area (Å²) in [6.45, 7) is 9.64. The number of hydrogen-bond acceptors (Lipinski definition) is 4. The first kappa shape index (κ1) is 15.3. The molecule has 1 saturated heterocycles. The van der Waals surface area contributed by atoms with E-state index in [1.807, 2.05) is 31.7 Å². The molecular weight excluding hydrogens is 278 g/mol. The van der Waals surface area contributed by atoms with Crippen molar-refractivity contribution in [3.8, 4) is 0 Å². The maximum Gasteiger partial charge on any atom is 0.229 e. The third kappa shape index (κ3) is 3.52. The van der Waals surface area contributed by atoms with E-state index >= 15 is 0 Å². The first-order chi connectivity index (χ1) is 9.42. The smallest absolute Gasteiger partial charge is 0.229 e. The standard InChI is InChI=1S/C14H22ClN3O2/c1-11-8-12(20-16-11)9-17-4-6-18(7-5-17)13(19)14(2,3)10-15/h8H,4-7,9-10H2,1-3H3. The molecule has 1 fully saturated rings. The fourth-order valence-electron chi connectivity index (χ4n) is 2.31. The van der Waals surface area contributed by atoms with Gasteiger partial charge in [0.15, 0.2) is 5.76 Å². The minimum absolute atomic E-state index is 0.141. The number of nitrogens with zero attached hydrogens (tertiary/aromatic N) is 3. The monoisotopic (exact) mass is 299 g/mol. The van der Waals surface area contributed by atoms with Crippen molar-refractivity contribution in [2.24, 2.45) is 5.41 Å². The van der Waals surface area contributed by atoms with Crippen LogP contribution in [0.3, 0.4) is 0 Å². The van der Waals surface area contributed by atoms with Gasteiger partial charge in [-0.1, -0.05) is 5.16 Å². The quantitative estimate of drug-likeness (QED) is 0.797. The molecule has 0 aromatic carbocycles. The molecule has 1 aromatic rings. The Hall–Kier alpha value is -1.07. The number of aromatic nitrogens is 1. The molecule has 6 heteroatoms. The highest BCUT2D eigenvalue weighted by molar-refractivity contribution is 6.19. The largest absolute Gasteiger partial charge is 0.360 e. The molecule has 20 heavy (non-hydrogen) atoms. The Labute approximate surface area is 124 Å². The molecule has 0 bridgehead atoms. The number of aryl methyl sites for hydroxylation is 1. The van der Waals surface area contributed by atoms with Crippen molar-refractivity contribution in [2.45, 2.75) is 27.3 Å². The Balaban J connectivity index is 1.85. The van der Waals surface area contributed by atoms with Gasteiger partial charge >= 0.3 is 0 Å². The molecule has 0 unspecified atom stereocenters. The molecule has 2 heterocycles. The molecule has 1 aliphatic rings. The highest BCUT2D eigenvalue weighted by Gasteiger charge is 2.32. The highest BCUT2D eigenvalue weighted by Crippen LogP contribution is 2.22. The molecule has 5 nitrogen and oxygen atoms in total. The maximum atomic E-state index is 12.3. The van der Waals surface area contributed by atoms with Crippen LogP contribution in [0.2, 0.25) is 0 Å². The average molecular weight is 300 g/mol. The Kier molecular flexibility index (Phi) is 4.70. The van der Waals surface area contributed by atoms with E-state index in [0.29, 0.717) is 5.88 Å². The van der Waals surface area contributed by atoms with Gasteiger partial charge < -0.3 is 9.42 Å². The summed E-state index contributed by atoms with van der Waals surface area (Å²) in [5.41, 5.74) is 0.420. The van der Waals surface area contributed by atoms with Crippen molar-refractivity contribution in [3.05, 3.63) is 17.5 Å². The molecule has 2 rings (SSSR count). The Morgan fingerprint density at radius 3 is 2.55 bits per heavy atom. The summed E-state index contributed by atoms with van der Waals surface area (Å²) in [6, 6.07) is 1.95. The summed E-state index contributed by atoms with van der Waals surface area (Å²) in [4.78, 5) is 16.5. The average Bonchev–Trinajstić information content (AvgIpc) is 2.84. The summed E-state index contributed by atoms with van der Waals surface area (Å²) in [7, 11) is 0. The van der Waals surface area contributed by atoms with Crippen molar-refractivity contribution in [1.82, 2.24) is 15.0 Å². The van der Waals surface area contributed by atoms with Crippen molar-refractivity contribution >= 4 is 17.5 Å². The Morgan fingerprint density at radius 1 is 1.40 bits per heavy atom. The summed E-state index contributed by atoms with van der Waals surface area (Å²) in [6.07, 6.45) is 0. The predicted molar refractivity (Wildman–Crippen MR) is 77.6 cm³/mol. The molecule has 1 amide bonds. The van der Waals surface area contributed by atoms with Crippen LogP contribution in [-0.2, 0) is 11.3 Å². The Bertz CT molecular complexity index is 465. The lowest BCUT2D eigenvalue weighted by Gasteiger charge is -2.37. The molecule has 0 aliphatic carbocycles. The van der Waals surface area contributed by atoms with Crippen molar-refractivity contribution in [1.29, 1.82) is 0 Å². The molecule has 0 saturated carbocycles. The predicted octanol–water partition coefficient (Wildman–Crippen LogP) is 1.89. The lowest BCUT2D eigenvalue weighted by molar-refractivity contribution is -0.141. The van der Waals surface area contributed by atoms with Gasteiger partial charge in [0.25, 0.3) is 0 Å². The van der Waals surface area contributed by atoms with E-state index < -0.39 is 5.41 Å². The van der Waals surface area contributed by atoms with Gasteiger partial charge in [0.05, 0.1) is 17.7 Å². The van der Waals surface area contributed by atoms with Crippen molar-refractivity contribution in [2.75, 3.05) is 32.1 Å². The fraction of sp³-hybridized carbons (Fsp3) is 0.714. The number of halogens is 1. The van der Waals surface area contributed by atoms with Gasteiger partial charge in [0.1, 0.15) is 0 Å². The number of rotatable bonds is 4. The molecule has 0 N–H and O–H groups in total. The molecule has 1 aromatic heterocycles. The van der Waals surface area contributed by atoms with E-state index in [1.165, 1.54) is 0 Å². The van der Waals surface area contributed by atoms with Crippen LogP contribution in [0.4, 0.5) is 0 Å². The van der Waals surface area contributed by atoms with Gasteiger partial charge in [0.2, 0.25) is 5.91 Å². The van der Waals surface area contributed by atoms with Crippen LogP contribution in [0.15, 0.2) is 10.6 Å². The van der Waals surface area contributed by atoms with Crippen LogP contribution in [0.5, 0.6) is 0 Å². The van der Waals surface area contributed by atoms with Gasteiger partial charge in [-0.2, -0.15) is 0 Å². The zero-order valence-corrected chi connectivity index (χ0v) is 13.1. The molecular formula is C14H22ClN3O2. The summed E-state index contributed by atoms with van der Waals surface area (Å²) >= 11 is 5.87. The number of hydrogen-bond donors (Lipinski definition) is 0. The van der Waals surface area contributed by atoms with Gasteiger partial charge in [-0.3, -0.25) is 9.69 Å². The zero-order valence-electron chi connectivity index (χ0n) is 12.4. The first-order valence-electron chi connectivity index (χ1n) is 6.92. The third-order valence-corrected chi connectivity index (χ3v) is 4.30. The highest BCUT2D eigenvalue weighted by atomic mass is 35.5. The van der Waals surface area contributed by atoms with Crippen molar-refractivity contribution in [3.63, 3.8) is 0 Å². The van der Waals surface area contributed by atoms with Crippen LogP contribution in [0, 0.1) is 12.3 Å². The normalized spacial score (nSPS) is 17.5. The SMILES string of the molecule is Cc1cc(CN2CCN(C(=O)C(C)(C)CCl)CC2)on1. The van der Waals surface area contributed by atoms with Gasteiger partial charge in [-0.25, -0.2) is 0 Å². The fourth-order valence-corrected chi connectivity index (χ4v) is 2.42. The second kappa shape index (κ2) is 6.14. The van der Waals surface area contributed by atoms with E-state index in [2.05, 4.69) is 10.1 Å². The van der Waals surface area contributed by atoms with Gasteiger partial charge in [-0.05, 0) is 20.8 Å². The van der Waals surface area contributed by atoms with E-state index in [9.17, 15) is 4.79 Å². The van der Waals surface area contributed by atoms with E-state index in [4.69, 9.17) is 16.1 Å². The summed E-state index contributed by atoms with van der Waals surface area (Å²) in [5, 5.41) is 3.89. The van der Waals surface area contributed by atoms with E-state index in [1.54, 1.807) is 0 Å². The van der Waals surface area contributed by atoms with Gasteiger partial charge in [-0.15, -0.1) is 11.6 Å². The molecule has 0 atom stereocenters. The second-order valence-electron chi connectivity index (χ2n) is 6.02. The summed E-state index contributed by atoms with van der Waals surface area (Å²) < 4.78 is 5.22. The molecule has 0 radical (unpaired) electrons. The van der Waals surface area contributed by atoms with Gasteiger partial charge in [0, 0.05) is 38.1 Å². The molecule has 1 aliphatic heterocycles.